The fourth-order valence-corrected chi connectivity index (χ4v) is 1.71. The highest BCUT2D eigenvalue weighted by atomic mass is 14.9. The van der Waals surface area contributed by atoms with Crippen molar-refractivity contribution in [1.29, 1.82) is 0 Å². The minimum Gasteiger partial charge on any atom is -0.385 e. The van der Waals surface area contributed by atoms with Gasteiger partial charge in [-0.05, 0) is 29.5 Å². The van der Waals surface area contributed by atoms with E-state index in [-0.39, 0.29) is 5.41 Å². The molecule has 0 aromatic heterocycles. The second kappa shape index (κ2) is 4.67. The SMILES string of the molecule is CCNc1cc(CN)ccc1C(C)(C)C. The van der Waals surface area contributed by atoms with Crippen LogP contribution in [0, 0.1) is 0 Å². The summed E-state index contributed by atoms with van der Waals surface area (Å²) in [5.74, 6) is 0. The van der Waals surface area contributed by atoms with E-state index in [4.69, 9.17) is 5.73 Å². The summed E-state index contributed by atoms with van der Waals surface area (Å²) in [5.41, 5.74) is 9.56. The first-order valence-electron chi connectivity index (χ1n) is 5.56. The molecule has 0 unspecified atom stereocenters. The molecule has 0 atom stereocenters. The van der Waals surface area contributed by atoms with Crippen molar-refractivity contribution in [3.8, 4) is 0 Å². The van der Waals surface area contributed by atoms with Crippen molar-refractivity contribution < 1.29 is 0 Å². The van der Waals surface area contributed by atoms with Gasteiger partial charge in [0.2, 0.25) is 0 Å². The van der Waals surface area contributed by atoms with Crippen LogP contribution >= 0.6 is 0 Å². The third kappa shape index (κ3) is 2.96. The predicted octanol–water partition coefficient (Wildman–Crippen LogP) is 2.87. The molecule has 0 aliphatic heterocycles. The Morgan fingerprint density at radius 1 is 1.27 bits per heavy atom. The van der Waals surface area contributed by atoms with E-state index in [9.17, 15) is 0 Å². The fraction of sp³-hybridized carbons (Fsp3) is 0.538. The zero-order valence-electron chi connectivity index (χ0n) is 10.2. The lowest BCUT2D eigenvalue weighted by molar-refractivity contribution is 0.591. The maximum Gasteiger partial charge on any atom is 0.0381 e. The average Bonchev–Trinajstić information content (AvgIpc) is 2.16. The number of nitrogens with two attached hydrogens (primary N) is 1. The molecule has 0 radical (unpaired) electrons. The van der Waals surface area contributed by atoms with Crippen molar-refractivity contribution in [3.05, 3.63) is 29.3 Å². The topological polar surface area (TPSA) is 38.0 Å². The Labute approximate surface area is 92.9 Å². The van der Waals surface area contributed by atoms with Gasteiger partial charge in [-0.3, -0.25) is 0 Å². The molecule has 0 amide bonds. The maximum absolute atomic E-state index is 5.65. The standard InChI is InChI=1S/C13H22N2/c1-5-15-12-8-10(9-14)6-7-11(12)13(2,3)4/h6-8,15H,5,9,14H2,1-4H3. The lowest BCUT2D eigenvalue weighted by atomic mass is 9.85. The molecule has 0 heterocycles. The van der Waals surface area contributed by atoms with E-state index in [2.05, 4.69) is 51.2 Å². The molecule has 1 aromatic rings. The van der Waals surface area contributed by atoms with Crippen LogP contribution in [0.3, 0.4) is 0 Å². The average molecular weight is 206 g/mol. The minimum absolute atomic E-state index is 0.171. The van der Waals surface area contributed by atoms with Gasteiger partial charge in [0, 0.05) is 18.8 Å². The Kier molecular flexibility index (Phi) is 3.75. The highest BCUT2D eigenvalue weighted by Gasteiger charge is 2.17. The molecule has 0 spiro atoms. The molecular formula is C13H22N2. The third-order valence-electron chi connectivity index (χ3n) is 2.49. The number of benzene rings is 1. The molecule has 0 saturated heterocycles. The Balaban J connectivity index is 3.15. The molecule has 0 bridgehead atoms. The minimum atomic E-state index is 0.171. The van der Waals surface area contributed by atoms with E-state index in [0.29, 0.717) is 6.54 Å². The number of nitrogens with one attached hydrogen (secondary N) is 1. The number of anilines is 1. The van der Waals surface area contributed by atoms with Gasteiger partial charge < -0.3 is 11.1 Å². The summed E-state index contributed by atoms with van der Waals surface area (Å²) >= 11 is 0. The van der Waals surface area contributed by atoms with Gasteiger partial charge in [0.15, 0.2) is 0 Å². The zero-order chi connectivity index (χ0) is 11.5. The third-order valence-corrected chi connectivity index (χ3v) is 2.49. The summed E-state index contributed by atoms with van der Waals surface area (Å²) in [5, 5.41) is 3.40. The summed E-state index contributed by atoms with van der Waals surface area (Å²) < 4.78 is 0. The zero-order valence-corrected chi connectivity index (χ0v) is 10.2. The number of rotatable bonds is 3. The van der Waals surface area contributed by atoms with E-state index in [1.807, 2.05) is 0 Å². The molecule has 1 rings (SSSR count). The molecule has 2 heteroatoms. The second-order valence-corrected chi connectivity index (χ2v) is 4.86. The summed E-state index contributed by atoms with van der Waals surface area (Å²) in [6, 6.07) is 6.45. The van der Waals surface area contributed by atoms with Crippen LogP contribution in [0.4, 0.5) is 5.69 Å². The van der Waals surface area contributed by atoms with Gasteiger partial charge in [0.05, 0.1) is 0 Å². The van der Waals surface area contributed by atoms with Crippen LogP contribution in [-0.4, -0.2) is 6.54 Å². The van der Waals surface area contributed by atoms with Crippen molar-refractivity contribution in [2.75, 3.05) is 11.9 Å². The van der Waals surface area contributed by atoms with Gasteiger partial charge in [0.25, 0.3) is 0 Å². The smallest absolute Gasteiger partial charge is 0.0381 e. The highest BCUT2D eigenvalue weighted by molar-refractivity contribution is 5.56. The highest BCUT2D eigenvalue weighted by Crippen LogP contribution is 2.30. The molecule has 3 N–H and O–H groups in total. The van der Waals surface area contributed by atoms with Crippen LogP contribution in [0.2, 0.25) is 0 Å². The maximum atomic E-state index is 5.65. The molecule has 0 aliphatic carbocycles. The first kappa shape index (κ1) is 12.1. The molecule has 0 saturated carbocycles. The lowest BCUT2D eigenvalue weighted by Gasteiger charge is -2.24. The van der Waals surface area contributed by atoms with Crippen LogP contribution in [0.15, 0.2) is 18.2 Å². The van der Waals surface area contributed by atoms with Gasteiger partial charge in [-0.25, -0.2) is 0 Å². The Morgan fingerprint density at radius 3 is 2.40 bits per heavy atom. The second-order valence-electron chi connectivity index (χ2n) is 4.86. The normalized spacial score (nSPS) is 11.5. The van der Waals surface area contributed by atoms with Crippen molar-refractivity contribution in [1.82, 2.24) is 0 Å². The monoisotopic (exact) mass is 206 g/mol. The van der Waals surface area contributed by atoms with Crippen LogP contribution in [0.5, 0.6) is 0 Å². The van der Waals surface area contributed by atoms with Gasteiger partial charge in [0.1, 0.15) is 0 Å². The van der Waals surface area contributed by atoms with Crippen LogP contribution < -0.4 is 11.1 Å². The van der Waals surface area contributed by atoms with E-state index < -0.39 is 0 Å². The Morgan fingerprint density at radius 2 is 1.93 bits per heavy atom. The molecule has 0 aliphatic rings. The molecule has 1 aromatic carbocycles. The van der Waals surface area contributed by atoms with Crippen molar-refractivity contribution in [3.63, 3.8) is 0 Å². The summed E-state index contributed by atoms with van der Waals surface area (Å²) in [6.07, 6.45) is 0. The van der Waals surface area contributed by atoms with Gasteiger partial charge in [-0.15, -0.1) is 0 Å². The predicted molar refractivity (Wildman–Crippen MR) is 67.2 cm³/mol. The Bertz CT molecular complexity index is 324. The van der Waals surface area contributed by atoms with Crippen LogP contribution in [0.25, 0.3) is 0 Å². The number of hydrogen-bond donors (Lipinski definition) is 2. The van der Waals surface area contributed by atoms with Gasteiger partial charge in [-0.2, -0.15) is 0 Å². The van der Waals surface area contributed by atoms with E-state index in [1.165, 1.54) is 16.8 Å². The van der Waals surface area contributed by atoms with Gasteiger partial charge in [-0.1, -0.05) is 32.9 Å². The van der Waals surface area contributed by atoms with Crippen LogP contribution in [0.1, 0.15) is 38.8 Å². The first-order valence-corrected chi connectivity index (χ1v) is 5.56. The summed E-state index contributed by atoms with van der Waals surface area (Å²) in [4.78, 5) is 0. The molecule has 15 heavy (non-hydrogen) atoms. The summed E-state index contributed by atoms with van der Waals surface area (Å²) in [7, 11) is 0. The Hall–Kier alpha value is -1.02. The molecule has 84 valence electrons. The van der Waals surface area contributed by atoms with Crippen molar-refractivity contribution >= 4 is 5.69 Å². The number of hydrogen-bond acceptors (Lipinski definition) is 2. The van der Waals surface area contributed by atoms with Crippen molar-refractivity contribution in [2.45, 2.75) is 39.7 Å². The van der Waals surface area contributed by atoms with E-state index in [0.717, 1.165) is 6.54 Å². The lowest BCUT2D eigenvalue weighted by Crippen LogP contribution is -2.15. The van der Waals surface area contributed by atoms with E-state index in [1.54, 1.807) is 0 Å². The molecule has 2 nitrogen and oxygen atoms in total. The first-order chi connectivity index (χ1) is 6.99. The van der Waals surface area contributed by atoms with E-state index >= 15 is 0 Å². The fourth-order valence-electron chi connectivity index (χ4n) is 1.71. The van der Waals surface area contributed by atoms with Gasteiger partial charge >= 0.3 is 0 Å². The quantitative estimate of drug-likeness (QED) is 0.798. The molecular weight excluding hydrogens is 184 g/mol. The summed E-state index contributed by atoms with van der Waals surface area (Å²) in [6.45, 7) is 10.3. The largest absolute Gasteiger partial charge is 0.385 e. The molecule has 0 fully saturated rings. The van der Waals surface area contributed by atoms with Crippen LogP contribution in [-0.2, 0) is 12.0 Å². The van der Waals surface area contributed by atoms with Crippen molar-refractivity contribution in [2.24, 2.45) is 5.73 Å².